The Morgan fingerprint density at radius 2 is 1.89 bits per heavy atom. The first-order chi connectivity index (χ1) is 8.58. The van der Waals surface area contributed by atoms with E-state index < -0.39 is 7.12 Å². The predicted octanol–water partition coefficient (Wildman–Crippen LogP) is 0.735. The topological polar surface area (TPSA) is 58.3 Å². The van der Waals surface area contributed by atoms with Crippen LogP contribution in [-0.4, -0.2) is 26.7 Å². The molecule has 0 radical (unpaired) electrons. The number of hydrogen-bond acceptors (Lipinski definition) is 3. The molecule has 0 aliphatic carbocycles. The molecule has 2 rings (SSSR count). The first-order valence-electron chi connectivity index (χ1n) is 6.04. The summed E-state index contributed by atoms with van der Waals surface area (Å²) in [7, 11) is -1.40. The maximum absolute atomic E-state index is 9.03. The minimum Gasteiger partial charge on any atom is -0.423 e. The molecule has 0 unspecified atom stereocenters. The third-order valence-corrected chi connectivity index (χ3v) is 2.89. The van der Waals surface area contributed by atoms with Crippen LogP contribution in [0.15, 0.2) is 36.7 Å². The highest BCUT2D eigenvalue weighted by Crippen LogP contribution is 2.13. The highest BCUT2D eigenvalue weighted by Gasteiger charge is 2.11. The molecule has 94 valence electrons. The van der Waals surface area contributed by atoms with Gasteiger partial charge in [0.1, 0.15) is 5.82 Å². The SMILES string of the molecule is CC(C)c1nccn1Cc1ccc(B(O)O)cc1. The van der Waals surface area contributed by atoms with Crippen LogP contribution in [-0.2, 0) is 6.54 Å². The van der Waals surface area contributed by atoms with Crippen molar-refractivity contribution in [1.82, 2.24) is 9.55 Å². The molecule has 0 saturated carbocycles. The van der Waals surface area contributed by atoms with Gasteiger partial charge in [-0.1, -0.05) is 38.1 Å². The molecule has 0 spiro atoms. The molecule has 1 heterocycles. The highest BCUT2D eigenvalue weighted by molar-refractivity contribution is 6.58. The minimum absolute atomic E-state index is 0.388. The van der Waals surface area contributed by atoms with E-state index in [2.05, 4.69) is 23.4 Å². The molecule has 0 saturated heterocycles. The van der Waals surface area contributed by atoms with E-state index in [1.54, 1.807) is 18.3 Å². The van der Waals surface area contributed by atoms with Gasteiger partial charge in [0.05, 0.1) is 0 Å². The van der Waals surface area contributed by atoms with Gasteiger partial charge in [0.2, 0.25) is 0 Å². The molecule has 0 aliphatic rings. The molecule has 18 heavy (non-hydrogen) atoms. The largest absolute Gasteiger partial charge is 0.488 e. The normalized spacial score (nSPS) is 10.9. The van der Waals surface area contributed by atoms with Crippen LogP contribution in [0.5, 0.6) is 0 Å². The fourth-order valence-corrected chi connectivity index (χ4v) is 1.95. The predicted molar refractivity (Wildman–Crippen MR) is 71.7 cm³/mol. The summed E-state index contributed by atoms with van der Waals surface area (Å²) < 4.78 is 2.11. The van der Waals surface area contributed by atoms with E-state index in [0.29, 0.717) is 11.4 Å². The second-order valence-electron chi connectivity index (χ2n) is 4.68. The van der Waals surface area contributed by atoms with Crippen LogP contribution >= 0.6 is 0 Å². The van der Waals surface area contributed by atoms with Crippen molar-refractivity contribution in [2.45, 2.75) is 26.3 Å². The number of aromatic nitrogens is 2. The molecule has 0 fully saturated rings. The maximum atomic E-state index is 9.03. The maximum Gasteiger partial charge on any atom is 0.488 e. The van der Waals surface area contributed by atoms with E-state index in [9.17, 15) is 0 Å². The lowest BCUT2D eigenvalue weighted by Crippen LogP contribution is -2.29. The third kappa shape index (κ3) is 2.80. The molecular formula is C13H17BN2O2. The standard InChI is InChI=1S/C13H17BN2O2/c1-10(2)13-15-7-8-16(13)9-11-3-5-12(6-4-11)14(17)18/h3-8,10,17-18H,9H2,1-2H3. The van der Waals surface area contributed by atoms with Crippen LogP contribution in [0.3, 0.4) is 0 Å². The van der Waals surface area contributed by atoms with E-state index >= 15 is 0 Å². The number of rotatable bonds is 4. The Kier molecular flexibility index (Phi) is 3.84. The van der Waals surface area contributed by atoms with Gasteiger partial charge in [0.15, 0.2) is 0 Å². The number of benzene rings is 1. The van der Waals surface area contributed by atoms with Gasteiger partial charge in [-0.05, 0) is 11.0 Å². The van der Waals surface area contributed by atoms with Crippen LogP contribution in [0.25, 0.3) is 0 Å². The molecule has 0 aliphatic heterocycles. The van der Waals surface area contributed by atoms with Crippen molar-refractivity contribution < 1.29 is 10.0 Å². The van der Waals surface area contributed by atoms with E-state index in [4.69, 9.17) is 10.0 Å². The summed E-state index contributed by atoms with van der Waals surface area (Å²) in [4.78, 5) is 4.34. The Morgan fingerprint density at radius 3 is 2.44 bits per heavy atom. The van der Waals surface area contributed by atoms with Crippen molar-refractivity contribution >= 4 is 12.6 Å². The van der Waals surface area contributed by atoms with Crippen molar-refractivity contribution in [2.75, 3.05) is 0 Å². The molecule has 2 N–H and O–H groups in total. The van der Waals surface area contributed by atoms with Crippen molar-refractivity contribution in [2.24, 2.45) is 0 Å². The summed E-state index contributed by atoms with van der Waals surface area (Å²) in [5.41, 5.74) is 1.62. The summed E-state index contributed by atoms with van der Waals surface area (Å²) >= 11 is 0. The van der Waals surface area contributed by atoms with Gasteiger partial charge < -0.3 is 14.6 Å². The van der Waals surface area contributed by atoms with Crippen molar-refractivity contribution in [3.05, 3.63) is 48.0 Å². The first kappa shape index (κ1) is 12.9. The Morgan fingerprint density at radius 1 is 1.22 bits per heavy atom. The van der Waals surface area contributed by atoms with Crippen LogP contribution in [0, 0.1) is 0 Å². The third-order valence-electron chi connectivity index (χ3n) is 2.89. The van der Waals surface area contributed by atoms with E-state index in [0.717, 1.165) is 17.9 Å². The Labute approximate surface area is 107 Å². The Bertz CT molecular complexity index is 506. The number of nitrogens with zero attached hydrogens (tertiary/aromatic N) is 2. The molecule has 0 atom stereocenters. The molecule has 5 heteroatoms. The molecule has 2 aromatic rings. The van der Waals surface area contributed by atoms with Gasteiger partial charge in [0, 0.05) is 24.9 Å². The summed E-state index contributed by atoms with van der Waals surface area (Å²) in [6.45, 7) is 4.98. The molecule has 0 amide bonds. The van der Waals surface area contributed by atoms with Gasteiger partial charge in [-0.15, -0.1) is 0 Å². The smallest absolute Gasteiger partial charge is 0.423 e. The van der Waals surface area contributed by atoms with Crippen LogP contribution in [0.4, 0.5) is 0 Å². The lowest BCUT2D eigenvalue weighted by Gasteiger charge is -2.10. The zero-order chi connectivity index (χ0) is 13.1. The summed E-state index contributed by atoms with van der Waals surface area (Å²) in [5, 5.41) is 18.1. The van der Waals surface area contributed by atoms with Gasteiger partial charge in [-0.3, -0.25) is 0 Å². The summed E-state index contributed by atoms with van der Waals surface area (Å²) in [5.74, 6) is 1.44. The minimum atomic E-state index is -1.40. The van der Waals surface area contributed by atoms with Crippen LogP contribution in [0.1, 0.15) is 31.2 Å². The zero-order valence-electron chi connectivity index (χ0n) is 10.6. The molecule has 1 aromatic heterocycles. The van der Waals surface area contributed by atoms with E-state index in [1.807, 2.05) is 18.3 Å². The summed E-state index contributed by atoms with van der Waals surface area (Å²) in [6.07, 6.45) is 3.77. The molecule has 1 aromatic carbocycles. The van der Waals surface area contributed by atoms with E-state index in [1.165, 1.54) is 0 Å². The quantitative estimate of drug-likeness (QED) is 0.779. The molecule has 4 nitrogen and oxygen atoms in total. The zero-order valence-corrected chi connectivity index (χ0v) is 10.6. The summed E-state index contributed by atoms with van der Waals surface area (Å²) in [6, 6.07) is 7.26. The number of hydrogen-bond donors (Lipinski definition) is 2. The lowest BCUT2D eigenvalue weighted by molar-refractivity contribution is 0.426. The lowest BCUT2D eigenvalue weighted by atomic mass is 9.80. The van der Waals surface area contributed by atoms with Gasteiger partial charge in [-0.2, -0.15) is 0 Å². The Hall–Kier alpha value is -1.59. The van der Waals surface area contributed by atoms with Crippen molar-refractivity contribution in [3.63, 3.8) is 0 Å². The highest BCUT2D eigenvalue weighted by atomic mass is 16.4. The van der Waals surface area contributed by atoms with Gasteiger partial charge in [0.25, 0.3) is 0 Å². The Balaban J connectivity index is 2.16. The second kappa shape index (κ2) is 5.37. The molecule has 0 bridgehead atoms. The van der Waals surface area contributed by atoms with Crippen LogP contribution < -0.4 is 5.46 Å². The van der Waals surface area contributed by atoms with Gasteiger partial charge >= 0.3 is 7.12 Å². The fraction of sp³-hybridized carbons (Fsp3) is 0.308. The van der Waals surface area contributed by atoms with Gasteiger partial charge in [-0.25, -0.2) is 4.98 Å². The van der Waals surface area contributed by atoms with Crippen LogP contribution in [0.2, 0.25) is 0 Å². The monoisotopic (exact) mass is 244 g/mol. The molecular weight excluding hydrogens is 227 g/mol. The second-order valence-corrected chi connectivity index (χ2v) is 4.68. The first-order valence-corrected chi connectivity index (χ1v) is 6.04. The van der Waals surface area contributed by atoms with E-state index in [-0.39, 0.29) is 0 Å². The number of imidazole rings is 1. The van der Waals surface area contributed by atoms with Crippen molar-refractivity contribution in [1.29, 1.82) is 0 Å². The average molecular weight is 244 g/mol. The average Bonchev–Trinajstić information content (AvgIpc) is 2.78. The van der Waals surface area contributed by atoms with Crippen molar-refractivity contribution in [3.8, 4) is 0 Å². The fourth-order valence-electron chi connectivity index (χ4n) is 1.95.